The highest BCUT2D eigenvalue weighted by Gasteiger charge is 2.18. The molecule has 2 nitrogen and oxygen atoms in total. The van der Waals surface area contributed by atoms with Gasteiger partial charge in [0.2, 0.25) is 0 Å². The Morgan fingerprint density at radius 2 is 1.56 bits per heavy atom. The van der Waals surface area contributed by atoms with Crippen LogP contribution in [0.25, 0.3) is 0 Å². The van der Waals surface area contributed by atoms with Gasteiger partial charge in [0.25, 0.3) is 0 Å². The van der Waals surface area contributed by atoms with E-state index in [4.69, 9.17) is 5.73 Å². The third-order valence-electron chi connectivity index (χ3n) is 3.56. The zero-order chi connectivity index (χ0) is 13.0. The molecule has 1 aliphatic heterocycles. The molecule has 2 rings (SSSR count). The molecule has 0 unspecified atom stereocenters. The zero-order valence-electron chi connectivity index (χ0n) is 10.6. The summed E-state index contributed by atoms with van der Waals surface area (Å²) in [6.45, 7) is 1.64. The average Bonchev–Trinajstić information content (AvgIpc) is 2.33. The van der Waals surface area contributed by atoms with Crippen molar-refractivity contribution in [3.8, 4) is 0 Å². The molecule has 0 saturated carbocycles. The molecule has 0 amide bonds. The molecule has 100 valence electrons. The van der Waals surface area contributed by atoms with Crippen LogP contribution >= 0.6 is 0 Å². The molecular weight excluding hydrogens is 234 g/mol. The standard InChI is InChI=1S/C14H20F2N2/c15-13-11(10-17)6-7-12(14(13)16)18-8-4-2-1-3-5-9-18/h6-7H,1-5,8-10,17H2. The van der Waals surface area contributed by atoms with Gasteiger partial charge in [-0.15, -0.1) is 0 Å². The molecule has 0 spiro atoms. The number of nitrogens with two attached hydrogens (primary N) is 1. The minimum atomic E-state index is -0.794. The SMILES string of the molecule is NCc1ccc(N2CCCCCCC2)c(F)c1F. The van der Waals surface area contributed by atoms with E-state index >= 15 is 0 Å². The Balaban J connectivity index is 2.23. The van der Waals surface area contributed by atoms with E-state index in [0.717, 1.165) is 25.9 Å². The summed E-state index contributed by atoms with van der Waals surface area (Å²) in [6.07, 6.45) is 5.67. The fourth-order valence-electron chi connectivity index (χ4n) is 2.47. The summed E-state index contributed by atoms with van der Waals surface area (Å²) in [4.78, 5) is 1.96. The van der Waals surface area contributed by atoms with Gasteiger partial charge in [0, 0.05) is 25.2 Å². The molecule has 0 aromatic heterocycles. The van der Waals surface area contributed by atoms with Crippen molar-refractivity contribution in [3.05, 3.63) is 29.3 Å². The molecule has 18 heavy (non-hydrogen) atoms. The minimum absolute atomic E-state index is 0.0308. The largest absolute Gasteiger partial charge is 0.369 e. The number of hydrogen-bond donors (Lipinski definition) is 1. The van der Waals surface area contributed by atoms with Crippen LogP contribution in [0.2, 0.25) is 0 Å². The molecule has 0 bridgehead atoms. The van der Waals surface area contributed by atoms with Crippen molar-refractivity contribution in [1.29, 1.82) is 0 Å². The van der Waals surface area contributed by atoms with Crippen molar-refractivity contribution < 1.29 is 8.78 Å². The maximum atomic E-state index is 14.0. The van der Waals surface area contributed by atoms with Crippen LogP contribution in [-0.4, -0.2) is 13.1 Å². The third kappa shape index (κ3) is 2.80. The summed E-state index contributed by atoms with van der Waals surface area (Å²) in [5.41, 5.74) is 5.99. The molecule has 0 aliphatic carbocycles. The zero-order valence-corrected chi connectivity index (χ0v) is 10.6. The fraction of sp³-hybridized carbons (Fsp3) is 0.571. The number of rotatable bonds is 2. The first-order valence-electron chi connectivity index (χ1n) is 6.66. The van der Waals surface area contributed by atoms with E-state index in [1.54, 1.807) is 12.1 Å². The Bertz CT molecular complexity index is 399. The van der Waals surface area contributed by atoms with Crippen molar-refractivity contribution in [2.45, 2.75) is 38.6 Å². The summed E-state index contributed by atoms with van der Waals surface area (Å²) < 4.78 is 27.7. The van der Waals surface area contributed by atoms with Crippen LogP contribution in [0.4, 0.5) is 14.5 Å². The number of nitrogens with zero attached hydrogens (tertiary/aromatic N) is 1. The van der Waals surface area contributed by atoms with Crippen LogP contribution in [0, 0.1) is 11.6 Å². The van der Waals surface area contributed by atoms with Crippen LogP contribution < -0.4 is 10.6 Å². The van der Waals surface area contributed by atoms with Gasteiger partial charge < -0.3 is 10.6 Å². The van der Waals surface area contributed by atoms with Gasteiger partial charge >= 0.3 is 0 Å². The van der Waals surface area contributed by atoms with Gasteiger partial charge in [-0.05, 0) is 18.9 Å². The Kier molecular flexibility index (Phi) is 4.53. The predicted molar refractivity (Wildman–Crippen MR) is 69.5 cm³/mol. The minimum Gasteiger partial charge on any atom is -0.369 e. The van der Waals surface area contributed by atoms with Crippen molar-refractivity contribution in [2.24, 2.45) is 5.73 Å². The molecule has 1 fully saturated rings. The van der Waals surface area contributed by atoms with Crippen molar-refractivity contribution in [2.75, 3.05) is 18.0 Å². The molecule has 1 aromatic carbocycles. The first-order chi connectivity index (χ1) is 8.74. The number of halogens is 2. The lowest BCUT2D eigenvalue weighted by molar-refractivity contribution is 0.490. The monoisotopic (exact) mass is 254 g/mol. The van der Waals surface area contributed by atoms with Crippen LogP contribution in [0.15, 0.2) is 12.1 Å². The molecule has 1 saturated heterocycles. The van der Waals surface area contributed by atoms with E-state index in [2.05, 4.69) is 0 Å². The topological polar surface area (TPSA) is 29.3 Å². The summed E-state index contributed by atoms with van der Waals surface area (Å²) in [5.74, 6) is -1.55. The number of hydrogen-bond acceptors (Lipinski definition) is 2. The molecule has 1 aromatic rings. The van der Waals surface area contributed by atoms with Crippen LogP contribution in [-0.2, 0) is 6.54 Å². The Hall–Kier alpha value is -1.16. The summed E-state index contributed by atoms with van der Waals surface area (Å²) in [6, 6.07) is 3.24. The molecule has 1 aliphatic rings. The van der Waals surface area contributed by atoms with E-state index in [9.17, 15) is 8.78 Å². The number of anilines is 1. The van der Waals surface area contributed by atoms with Crippen LogP contribution in [0.1, 0.15) is 37.7 Å². The van der Waals surface area contributed by atoms with Gasteiger partial charge in [-0.2, -0.15) is 0 Å². The molecule has 1 heterocycles. The van der Waals surface area contributed by atoms with Crippen molar-refractivity contribution in [3.63, 3.8) is 0 Å². The van der Waals surface area contributed by atoms with Crippen LogP contribution in [0.5, 0.6) is 0 Å². The summed E-state index contributed by atoms with van der Waals surface area (Å²) in [7, 11) is 0. The van der Waals surface area contributed by atoms with E-state index in [1.807, 2.05) is 4.90 Å². The third-order valence-corrected chi connectivity index (χ3v) is 3.56. The van der Waals surface area contributed by atoms with Gasteiger partial charge in [0.1, 0.15) is 0 Å². The summed E-state index contributed by atoms with van der Waals surface area (Å²) in [5, 5.41) is 0. The molecule has 2 N–H and O–H groups in total. The van der Waals surface area contributed by atoms with E-state index in [1.165, 1.54) is 19.3 Å². The molecular formula is C14H20F2N2. The first kappa shape index (κ1) is 13.3. The van der Waals surface area contributed by atoms with E-state index < -0.39 is 11.6 Å². The Labute approximate surface area is 107 Å². The highest BCUT2D eigenvalue weighted by atomic mass is 19.2. The van der Waals surface area contributed by atoms with Crippen LogP contribution in [0.3, 0.4) is 0 Å². The highest BCUT2D eigenvalue weighted by molar-refractivity contribution is 5.50. The maximum Gasteiger partial charge on any atom is 0.182 e. The van der Waals surface area contributed by atoms with Gasteiger partial charge in [-0.1, -0.05) is 25.3 Å². The lowest BCUT2D eigenvalue weighted by Crippen LogP contribution is -2.28. The predicted octanol–water partition coefficient (Wildman–Crippen LogP) is 3.19. The normalized spacial score (nSPS) is 17.4. The maximum absolute atomic E-state index is 14.0. The van der Waals surface area contributed by atoms with E-state index in [0.29, 0.717) is 5.69 Å². The van der Waals surface area contributed by atoms with E-state index in [-0.39, 0.29) is 12.1 Å². The number of benzene rings is 1. The second-order valence-corrected chi connectivity index (χ2v) is 4.83. The lowest BCUT2D eigenvalue weighted by Gasteiger charge is -2.27. The average molecular weight is 254 g/mol. The lowest BCUT2D eigenvalue weighted by atomic mass is 10.1. The second kappa shape index (κ2) is 6.14. The molecule has 4 heteroatoms. The molecule has 0 atom stereocenters. The van der Waals surface area contributed by atoms with Gasteiger partial charge in [-0.3, -0.25) is 0 Å². The highest BCUT2D eigenvalue weighted by Crippen LogP contribution is 2.26. The summed E-state index contributed by atoms with van der Waals surface area (Å²) >= 11 is 0. The Morgan fingerprint density at radius 3 is 2.17 bits per heavy atom. The van der Waals surface area contributed by atoms with Gasteiger partial charge in [0.15, 0.2) is 11.6 Å². The van der Waals surface area contributed by atoms with Gasteiger partial charge in [0.05, 0.1) is 5.69 Å². The second-order valence-electron chi connectivity index (χ2n) is 4.83. The molecule has 0 radical (unpaired) electrons. The van der Waals surface area contributed by atoms with Crippen molar-refractivity contribution >= 4 is 5.69 Å². The Morgan fingerprint density at radius 1 is 0.944 bits per heavy atom. The first-order valence-corrected chi connectivity index (χ1v) is 6.66. The van der Waals surface area contributed by atoms with Gasteiger partial charge in [-0.25, -0.2) is 8.78 Å². The fourth-order valence-corrected chi connectivity index (χ4v) is 2.47. The smallest absolute Gasteiger partial charge is 0.182 e. The van der Waals surface area contributed by atoms with Crippen molar-refractivity contribution in [1.82, 2.24) is 0 Å². The quantitative estimate of drug-likeness (QED) is 0.878.